The van der Waals surface area contributed by atoms with E-state index in [0.29, 0.717) is 0 Å². The second-order valence-corrected chi connectivity index (χ2v) is 4.98. The van der Waals surface area contributed by atoms with Gasteiger partial charge in [-0.05, 0) is 30.3 Å². The lowest BCUT2D eigenvalue weighted by Crippen LogP contribution is -2.35. The second-order valence-electron chi connectivity index (χ2n) is 4.58. The van der Waals surface area contributed by atoms with E-state index >= 15 is 0 Å². The van der Waals surface area contributed by atoms with Gasteiger partial charge in [0.25, 0.3) is 5.91 Å². The van der Waals surface area contributed by atoms with E-state index in [-0.39, 0.29) is 16.1 Å². The summed E-state index contributed by atoms with van der Waals surface area (Å²) >= 11 is 5.91. The van der Waals surface area contributed by atoms with E-state index in [0.717, 1.165) is 25.3 Å². The molecule has 0 aliphatic carbocycles. The van der Waals surface area contributed by atoms with Crippen LogP contribution in [0.4, 0.5) is 8.78 Å². The Labute approximate surface area is 136 Å². The van der Waals surface area contributed by atoms with E-state index in [9.17, 15) is 18.4 Å². The van der Waals surface area contributed by atoms with E-state index < -0.39 is 29.6 Å². The van der Waals surface area contributed by atoms with Gasteiger partial charge in [0, 0.05) is 5.56 Å². The maximum atomic E-state index is 13.9. The van der Waals surface area contributed by atoms with Crippen molar-refractivity contribution in [2.45, 2.75) is 6.04 Å². The molecular weight excluding hydrogens is 328 g/mol. The van der Waals surface area contributed by atoms with Gasteiger partial charge < -0.3 is 10.1 Å². The first kappa shape index (κ1) is 16.9. The molecule has 4 nitrogen and oxygen atoms in total. The van der Waals surface area contributed by atoms with E-state index in [4.69, 9.17) is 11.6 Å². The standard InChI is InChI=1S/C16H12ClF2NO3/c1-23-16(22)14(11-8-9(18)6-7-13(11)19)20-15(21)10-4-2-3-5-12(10)17/h2-8,14H,1H3,(H,20,21). The van der Waals surface area contributed by atoms with Crippen LogP contribution >= 0.6 is 11.6 Å². The van der Waals surface area contributed by atoms with Crippen molar-refractivity contribution in [1.82, 2.24) is 5.32 Å². The molecule has 2 rings (SSSR count). The third-order valence-corrected chi connectivity index (χ3v) is 3.43. The summed E-state index contributed by atoms with van der Waals surface area (Å²) in [6, 6.07) is 7.23. The van der Waals surface area contributed by atoms with Gasteiger partial charge in [-0.15, -0.1) is 0 Å². The molecule has 7 heteroatoms. The average molecular weight is 340 g/mol. The predicted molar refractivity (Wildman–Crippen MR) is 80.0 cm³/mol. The summed E-state index contributed by atoms with van der Waals surface area (Å²) < 4.78 is 31.8. The zero-order chi connectivity index (χ0) is 17.0. The molecule has 23 heavy (non-hydrogen) atoms. The van der Waals surface area contributed by atoms with E-state index in [1.54, 1.807) is 12.1 Å². The van der Waals surface area contributed by atoms with Gasteiger partial charge in [0.2, 0.25) is 0 Å². The van der Waals surface area contributed by atoms with Crippen LogP contribution in [-0.4, -0.2) is 19.0 Å². The van der Waals surface area contributed by atoms with Crippen molar-refractivity contribution in [1.29, 1.82) is 0 Å². The molecule has 1 atom stereocenters. The van der Waals surface area contributed by atoms with Gasteiger partial charge in [0.1, 0.15) is 11.6 Å². The lowest BCUT2D eigenvalue weighted by atomic mass is 10.1. The van der Waals surface area contributed by atoms with E-state index in [2.05, 4.69) is 10.1 Å². The zero-order valence-electron chi connectivity index (χ0n) is 12.0. The van der Waals surface area contributed by atoms with Crippen LogP contribution in [-0.2, 0) is 9.53 Å². The Morgan fingerprint density at radius 1 is 1.17 bits per heavy atom. The normalized spacial score (nSPS) is 11.7. The number of methoxy groups -OCH3 is 1. The third kappa shape index (κ3) is 3.84. The molecule has 0 bridgehead atoms. The summed E-state index contributed by atoms with van der Waals surface area (Å²) in [5.41, 5.74) is -0.239. The SMILES string of the molecule is COC(=O)C(NC(=O)c1ccccc1Cl)c1cc(F)ccc1F. The van der Waals surface area contributed by atoms with Gasteiger partial charge in [-0.2, -0.15) is 0 Å². The minimum atomic E-state index is -1.50. The van der Waals surface area contributed by atoms with Gasteiger partial charge >= 0.3 is 5.97 Å². The molecule has 120 valence electrons. The maximum absolute atomic E-state index is 13.9. The van der Waals surface area contributed by atoms with Crippen molar-refractivity contribution >= 4 is 23.5 Å². The van der Waals surface area contributed by atoms with Crippen molar-refractivity contribution in [2.24, 2.45) is 0 Å². The van der Waals surface area contributed by atoms with Crippen LogP contribution in [0.15, 0.2) is 42.5 Å². The summed E-state index contributed by atoms with van der Waals surface area (Å²) in [5, 5.41) is 2.47. The fourth-order valence-electron chi connectivity index (χ4n) is 1.97. The fraction of sp³-hybridized carbons (Fsp3) is 0.125. The summed E-state index contributed by atoms with van der Waals surface area (Å²) in [6.07, 6.45) is 0. The highest BCUT2D eigenvalue weighted by molar-refractivity contribution is 6.33. The monoisotopic (exact) mass is 339 g/mol. The first-order valence-corrected chi connectivity index (χ1v) is 6.90. The molecule has 0 radical (unpaired) electrons. The van der Waals surface area contributed by atoms with Gasteiger partial charge in [0.15, 0.2) is 6.04 Å². The summed E-state index contributed by atoms with van der Waals surface area (Å²) in [6.45, 7) is 0. The number of rotatable bonds is 4. The predicted octanol–water partition coefficient (Wildman–Crippen LogP) is 3.26. The fourth-order valence-corrected chi connectivity index (χ4v) is 2.19. The van der Waals surface area contributed by atoms with Gasteiger partial charge in [-0.1, -0.05) is 23.7 Å². The number of ether oxygens (including phenoxy) is 1. The molecule has 2 aromatic carbocycles. The third-order valence-electron chi connectivity index (χ3n) is 3.10. The van der Waals surface area contributed by atoms with Crippen molar-refractivity contribution in [3.63, 3.8) is 0 Å². The summed E-state index contributed by atoms with van der Waals surface area (Å²) in [7, 11) is 1.08. The molecule has 0 saturated carbocycles. The van der Waals surface area contributed by atoms with Crippen molar-refractivity contribution < 1.29 is 23.1 Å². The molecular formula is C16H12ClF2NO3. The van der Waals surface area contributed by atoms with Gasteiger partial charge in [0.05, 0.1) is 17.7 Å². The molecule has 0 aliphatic rings. The van der Waals surface area contributed by atoms with Crippen molar-refractivity contribution in [3.8, 4) is 0 Å². The minimum Gasteiger partial charge on any atom is -0.467 e. The molecule has 2 aromatic rings. The molecule has 1 N–H and O–H groups in total. The van der Waals surface area contributed by atoms with Crippen LogP contribution in [0.5, 0.6) is 0 Å². The van der Waals surface area contributed by atoms with Crippen LogP contribution in [0.2, 0.25) is 5.02 Å². The highest BCUT2D eigenvalue weighted by atomic mass is 35.5. The first-order chi connectivity index (χ1) is 10.9. The molecule has 0 fully saturated rings. The molecule has 1 amide bonds. The Morgan fingerprint density at radius 2 is 1.87 bits per heavy atom. The number of carbonyl (C=O) groups is 2. The average Bonchev–Trinajstić information content (AvgIpc) is 2.54. The van der Waals surface area contributed by atoms with Crippen LogP contribution in [0, 0.1) is 11.6 Å². The molecule has 0 saturated heterocycles. The number of benzene rings is 2. The lowest BCUT2D eigenvalue weighted by Gasteiger charge is -2.18. The maximum Gasteiger partial charge on any atom is 0.333 e. The number of amides is 1. The highest BCUT2D eigenvalue weighted by Crippen LogP contribution is 2.22. The van der Waals surface area contributed by atoms with E-state index in [1.165, 1.54) is 12.1 Å². The highest BCUT2D eigenvalue weighted by Gasteiger charge is 2.28. The molecule has 0 heterocycles. The Kier molecular flexibility index (Phi) is 5.28. The molecule has 0 spiro atoms. The van der Waals surface area contributed by atoms with Crippen LogP contribution in [0.1, 0.15) is 22.0 Å². The second kappa shape index (κ2) is 7.19. The van der Waals surface area contributed by atoms with Crippen molar-refractivity contribution in [2.75, 3.05) is 7.11 Å². The molecule has 0 aliphatic heterocycles. The Hall–Kier alpha value is -2.47. The smallest absolute Gasteiger partial charge is 0.333 e. The number of hydrogen-bond acceptors (Lipinski definition) is 3. The summed E-state index contributed by atoms with van der Waals surface area (Å²) in [5.74, 6) is -3.24. The zero-order valence-corrected chi connectivity index (χ0v) is 12.7. The lowest BCUT2D eigenvalue weighted by molar-refractivity contribution is -0.143. The Balaban J connectivity index is 2.37. The van der Waals surface area contributed by atoms with Crippen LogP contribution in [0.3, 0.4) is 0 Å². The quantitative estimate of drug-likeness (QED) is 0.870. The minimum absolute atomic E-state index is 0.0971. The van der Waals surface area contributed by atoms with Gasteiger partial charge in [-0.25, -0.2) is 13.6 Å². The molecule has 1 unspecified atom stereocenters. The van der Waals surface area contributed by atoms with Crippen LogP contribution < -0.4 is 5.32 Å². The summed E-state index contributed by atoms with van der Waals surface area (Å²) in [4.78, 5) is 24.1. The topological polar surface area (TPSA) is 55.4 Å². The largest absolute Gasteiger partial charge is 0.467 e. The van der Waals surface area contributed by atoms with Crippen molar-refractivity contribution in [3.05, 3.63) is 70.2 Å². The number of esters is 1. The van der Waals surface area contributed by atoms with Gasteiger partial charge in [-0.3, -0.25) is 4.79 Å². The van der Waals surface area contributed by atoms with Crippen LogP contribution in [0.25, 0.3) is 0 Å². The Morgan fingerprint density at radius 3 is 2.52 bits per heavy atom. The number of nitrogens with one attached hydrogen (secondary N) is 1. The number of halogens is 3. The molecule has 0 aromatic heterocycles. The Bertz CT molecular complexity index is 752. The first-order valence-electron chi connectivity index (χ1n) is 6.52. The number of carbonyl (C=O) groups excluding carboxylic acids is 2. The van der Waals surface area contributed by atoms with E-state index in [1.807, 2.05) is 0 Å². The number of hydrogen-bond donors (Lipinski definition) is 1.